The van der Waals surface area contributed by atoms with Crippen molar-refractivity contribution in [2.45, 2.75) is 18.8 Å². The van der Waals surface area contributed by atoms with Crippen LogP contribution in [-0.4, -0.2) is 7.11 Å². The molecule has 2 aromatic carbocycles. The van der Waals surface area contributed by atoms with Gasteiger partial charge in [0.2, 0.25) is 0 Å². The van der Waals surface area contributed by atoms with Crippen LogP contribution in [0.15, 0.2) is 42.5 Å². The first-order valence-corrected chi connectivity index (χ1v) is 6.02. The summed E-state index contributed by atoms with van der Waals surface area (Å²) in [6.07, 6.45) is 2.32. The molecule has 85 valence electrons. The van der Waals surface area contributed by atoms with E-state index in [-0.39, 0.29) is 0 Å². The number of hydrogen-bond acceptors (Lipinski definition) is 1. The Balaban J connectivity index is 2.07. The Kier molecular flexibility index (Phi) is 2.60. The van der Waals surface area contributed by atoms with E-state index < -0.39 is 0 Å². The normalized spacial score (nSPS) is 17.8. The molecule has 1 unspecified atom stereocenters. The van der Waals surface area contributed by atoms with Crippen LogP contribution in [-0.2, 0) is 6.42 Å². The molecule has 0 spiro atoms. The van der Waals surface area contributed by atoms with E-state index >= 15 is 0 Å². The monoisotopic (exact) mass is 223 g/mol. The highest BCUT2D eigenvalue weighted by atomic mass is 16.5. The smallest absolute Gasteiger partial charge is 0.123 e. The largest absolute Gasteiger partial charge is 0.496 e. The Bertz CT molecular complexity index is 531. The number of ether oxygens (including phenoxy) is 1. The van der Waals surface area contributed by atoms with Crippen LogP contribution >= 0.6 is 0 Å². The molecule has 2 aromatic rings. The second-order valence-corrected chi connectivity index (χ2v) is 4.44. The lowest BCUT2D eigenvalue weighted by Crippen LogP contribution is -1.99. The summed E-state index contributed by atoms with van der Waals surface area (Å²) in [6, 6.07) is 18.0. The average molecular weight is 223 g/mol. The van der Waals surface area contributed by atoms with E-state index in [9.17, 15) is 0 Å². The molecule has 0 bridgehead atoms. The Hall–Kier alpha value is -1.76. The van der Waals surface area contributed by atoms with Gasteiger partial charge in [0.05, 0.1) is 7.11 Å². The molecule has 0 saturated carbocycles. The molecule has 1 radical (unpaired) electrons. The van der Waals surface area contributed by atoms with E-state index in [0.717, 1.165) is 18.6 Å². The van der Waals surface area contributed by atoms with E-state index in [0.29, 0.717) is 5.92 Å². The van der Waals surface area contributed by atoms with Crippen molar-refractivity contribution >= 4 is 0 Å². The Morgan fingerprint density at radius 2 is 2.06 bits per heavy atom. The standard InChI is InChI=1S/C16H15O/c1-17-16-9-5-4-8-15(16)14-11-10-12-6-2-3-7-13(12)14/h2-7,9,14H,10-11H2,1H3. The molecule has 0 saturated heterocycles. The zero-order chi connectivity index (χ0) is 11.7. The van der Waals surface area contributed by atoms with E-state index in [4.69, 9.17) is 4.74 Å². The summed E-state index contributed by atoms with van der Waals surface area (Å²) in [5.41, 5.74) is 4.10. The van der Waals surface area contributed by atoms with Crippen LogP contribution in [0.4, 0.5) is 0 Å². The van der Waals surface area contributed by atoms with Crippen LogP contribution in [0.5, 0.6) is 5.75 Å². The van der Waals surface area contributed by atoms with E-state index in [2.05, 4.69) is 30.3 Å². The van der Waals surface area contributed by atoms with Gasteiger partial charge in [-0.25, -0.2) is 0 Å². The molecule has 1 nitrogen and oxygen atoms in total. The molecule has 0 aliphatic heterocycles. The topological polar surface area (TPSA) is 9.23 Å². The maximum absolute atomic E-state index is 5.44. The zero-order valence-corrected chi connectivity index (χ0v) is 9.94. The van der Waals surface area contributed by atoms with E-state index in [1.54, 1.807) is 7.11 Å². The minimum atomic E-state index is 0.447. The Morgan fingerprint density at radius 3 is 2.94 bits per heavy atom. The lowest BCUT2D eigenvalue weighted by atomic mass is 9.92. The van der Waals surface area contributed by atoms with E-state index in [1.165, 1.54) is 16.7 Å². The number of fused-ring (bicyclic) bond motifs is 1. The average Bonchev–Trinajstić information content (AvgIpc) is 2.82. The summed E-state index contributed by atoms with van der Waals surface area (Å²) < 4.78 is 5.44. The van der Waals surface area contributed by atoms with Crippen molar-refractivity contribution in [1.82, 2.24) is 0 Å². The first-order valence-electron chi connectivity index (χ1n) is 6.02. The second kappa shape index (κ2) is 4.25. The number of aryl methyl sites for hydroxylation is 1. The van der Waals surface area contributed by atoms with Crippen LogP contribution in [0.25, 0.3) is 0 Å². The summed E-state index contributed by atoms with van der Waals surface area (Å²) >= 11 is 0. The van der Waals surface area contributed by atoms with Crippen molar-refractivity contribution < 1.29 is 4.74 Å². The molecule has 0 amide bonds. The summed E-state index contributed by atoms with van der Waals surface area (Å²) in [7, 11) is 1.73. The van der Waals surface area contributed by atoms with Crippen molar-refractivity contribution in [1.29, 1.82) is 0 Å². The maximum atomic E-state index is 5.44. The van der Waals surface area contributed by atoms with Gasteiger partial charge in [0.1, 0.15) is 5.75 Å². The SMILES string of the molecule is COc1ccc[c]c1C1CCc2ccccc21. The van der Waals surface area contributed by atoms with Gasteiger partial charge in [-0.1, -0.05) is 36.4 Å². The molecule has 1 aliphatic carbocycles. The highest BCUT2D eigenvalue weighted by Gasteiger charge is 2.25. The Morgan fingerprint density at radius 1 is 1.18 bits per heavy atom. The first-order chi connectivity index (χ1) is 8.40. The van der Waals surface area contributed by atoms with Crippen LogP contribution in [0.2, 0.25) is 0 Å². The van der Waals surface area contributed by atoms with Crippen LogP contribution in [0, 0.1) is 6.07 Å². The second-order valence-electron chi connectivity index (χ2n) is 4.44. The molecule has 1 aliphatic rings. The third-order valence-corrected chi connectivity index (χ3v) is 3.55. The predicted octanol–water partition coefficient (Wildman–Crippen LogP) is 3.57. The zero-order valence-electron chi connectivity index (χ0n) is 9.94. The van der Waals surface area contributed by atoms with Crippen LogP contribution < -0.4 is 4.74 Å². The van der Waals surface area contributed by atoms with Gasteiger partial charge in [-0.15, -0.1) is 0 Å². The van der Waals surface area contributed by atoms with Crippen molar-refractivity contribution in [3.05, 3.63) is 65.2 Å². The maximum Gasteiger partial charge on any atom is 0.123 e. The molecule has 0 N–H and O–H groups in total. The lowest BCUT2D eigenvalue weighted by Gasteiger charge is -2.15. The van der Waals surface area contributed by atoms with Crippen molar-refractivity contribution in [3.8, 4) is 5.75 Å². The van der Waals surface area contributed by atoms with E-state index in [1.807, 2.05) is 18.2 Å². The minimum absolute atomic E-state index is 0.447. The molecular formula is C16H15O. The van der Waals surface area contributed by atoms with Gasteiger partial charge >= 0.3 is 0 Å². The van der Waals surface area contributed by atoms with Crippen LogP contribution in [0.3, 0.4) is 0 Å². The summed E-state index contributed by atoms with van der Waals surface area (Å²) in [4.78, 5) is 0. The highest BCUT2D eigenvalue weighted by molar-refractivity contribution is 5.46. The number of hydrogen-bond donors (Lipinski definition) is 0. The lowest BCUT2D eigenvalue weighted by molar-refractivity contribution is 0.407. The number of benzene rings is 2. The molecule has 1 atom stereocenters. The molecule has 1 heteroatoms. The minimum Gasteiger partial charge on any atom is -0.496 e. The fourth-order valence-corrected chi connectivity index (χ4v) is 2.74. The van der Waals surface area contributed by atoms with Crippen molar-refractivity contribution in [3.63, 3.8) is 0 Å². The van der Waals surface area contributed by atoms with Crippen molar-refractivity contribution in [2.75, 3.05) is 7.11 Å². The third-order valence-electron chi connectivity index (χ3n) is 3.55. The first kappa shape index (κ1) is 10.4. The van der Waals surface area contributed by atoms with Crippen LogP contribution in [0.1, 0.15) is 29.0 Å². The quantitative estimate of drug-likeness (QED) is 0.756. The third kappa shape index (κ3) is 1.72. The summed E-state index contributed by atoms with van der Waals surface area (Å²) in [5.74, 6) is 1.40. The fourth-order valence-electron chi connectivity index (χ4n) is 2.74. The molecule has 0 fully saturated rings. The summed E-state index contributed by atoms with van der Waals surface area (Å²) in [6.45, 7) is 0. The van der Waals surface area contributed by atoms with Gasteiger partial charge in [0, 0.05) is 11.5 Å². The van der Waals surface area contributed by atoms with Gasteiger partial charge in [0.15, 0.2) is 0 Å². The Labute approximate surface area is 102 Å². The van der Waals surface area contributed by atoms with Gasteiger partial charge in [-0.2, -0.15) is 0 Å². The van der Waals surface area contributed by atoms with Gasteiger partial charge in [-0.3, -0.25) is 0 Å². The molecule has 17 heavy (non-hydrogen) atoms. The van der Waals surface area contributed by atoms with Crippen molar-refractivity contribution in [2.24, 2.45) is 0 Å². The highest BCUT2D eigenvalue weighted by Crippen LogP contribution is 2.40. The van der Waals surface area contributed by atoms with Gasteiger partial charge in [-0.05, 0) is 36.1 Å². The predicted molar refractivity (Wildman–Crippen MR) is 68.4 cm³/mol. The molecule has 0 aromatic heterocycles. The molecular weight excluding hydrogens is 208 g/mol. The number of rotatable bonds is 2. The molecule has 3 rings (SSSR count). The van der Waals surface area contributed by atoms with Gasteiger partial charge in [0.25, 0.3) is 0 Å². The van der Waals surface area contributed by atoms with Gasteiger partial charge < -0.3 is 4.74 Å². The summed E-state index contributed by atoms with van der Waals surface area (Å²) in [5, 5.41) is 0. The fraction of sp³-hybridized carbons (Fsp3) is 0.250. The molecule has 0 heterocycles. The number of methoxy groups -OCH3 is 1.